The molecule has 0 amide bonds. The molecule has 5 nitrogen and oxygen atoms in total. The fraction of sp³-hybridized carbons (Fsp3) is 0.0625. The van der Waals surface area contributed by atoms with Crippen molar-refractivity contribution >= 4 is 16.9 Å². The van der Waals surface area contributed by atoms with Gasteiger partial charge < -0.3 is 9.84 Å². The van der Waals surface area contributed by atoms with Gasteiger partial charge in [0.25, 0.3) is 0 Å². The molecule has 0 aliphatic heterocycles. The molecule has 2 heterocycles. The first-order valence-corrected chi connectivity index (χ1v) is 6.31. The molecule has 3 rings (SSSR count). The van der Waals surface area contributed by atoms with Crippen LogP contribution in [0.5, 0.6) is 5.75 Å². The maximum absolute atomic E-state index is 11.5. The number of rotatable bonds is 3. The summed E-state index contributed by atoms with van der Waals surface area (Å²) in [4.78, 5) is 20.0. The zero-order valence-corrected chi connectivity index (χ0v) is 11.3. The Bertz CT molecular complexity index is 816. The third-order valence-corrected chi connectivity index (χ3v) is 3.22. The fourth-order valence-corrected chi connectivity index (χ4v) is 2.18. The number of aromatic nitrogens is 2. The zero-order valence-electron chi connectivity index (χ0n) is 11.3. The van der Waals surface area contributed by atoms with Gasteiger partial charge in [0.2, 0.25) is 0 Å². The van der Waals surface area contributed by atoms with Crippen LogP contribution < -0.4 is 4.74 Å². The Morgan fingerprint density at radius 1 is 1.14 bits per heavy atom. The number of carboxylic acid groups (broad SMARTS) is 1. The van der Waals surface area contributed by atoms with E-state index in [1.807, 2.05) is 0 Å². The molecule has 104 valence electrons. The summed E-state index contributed by atoms with van der Waals surface area (Å²) < 4.78 is 5.17. The normalized spacial score (nSPS) is 10.5. The molecular formula is C16H12N2O3. The van der Waals surface area contributed by atoms with Crippen LogP contribution in [0.4, 0.5) is 0 Å². The molecule has 0 saturated heterocycles. The van der Waals surface area contributed by atoms with Crippen LogP contribution in [-0.4, -0.2) is 28.2 Å². The third-order valence-electron chi connectivity index (χ3n) is 3.22. The van der Waals surface area contributed by atoms with Crippen LogP contribution in [0.25, 0.3) is 22.2 Å². The Morgan fingerprint density at radius 3 is 2.57 bits per heavy atom. The summed E-state index contributed by atoms with van der Waals surface area (Å²) in [6, 6.07) is 10.3. The lowest BCUT2D eigenvalue weighted by atomic mass is 10.0. The largest absolute Gasteiger partial charge is 0.497 e. The second-order valence-electron chi connectivity index (χ2n) is 4.48. The standard InChI is InChI=1S/C16H12N2O3/c1-21-11-2-3-12-13(16(19)20)9-14(18-15(12)8-11)10-4-6-17-7-5-10/h2-9H,1H3,(H,19,20). The Morgan fingerprint density at radius 2 is 1.90 bits per heavy atom. The van der Waals surface area contributed by atoms with E-state index in [2.05, 4.69) is 9.97 Å². The first-order valence-electron chi connectivity index (χ1n) is 6.31. The highest BCUT2D eigenvalue weighted by Gasteiger charge is 2.13. The van der Waals surface area contributed by atoms with E-state index in [1.165, 1.54) is 0 Å². The van der Waals surface area contributed by atoms with Crippen LogP contribution in [0.1, 0.15) is 10.4 Å². The van der Waals surface area contributed by atoms with Crippen LogP contribution in [0.15, 0.2) is 48.8 Å². The maximum Gasteiger partial charge on any atom is 0.336 e. The van der Waals surface area contributed by atoms with E-state index in [4.69, 9.17) is 4.74 Å². The molecule has 5 heteroatoms. The van der Waals surface area contributed by atoms with Crippen molar-refractivity contribution in [2.75, 3.05) is 7.11 Å². The second-order valence-corrected chi connectivity index (χ2v) is 4.48. The Balaban J connectivity index is 2.30. The Labute approximate surface area is 120 Å². The molecule has 21 heavy (non-hydrogen) atoms. The predicted octanol–water partition coefficient (Wildman–Crippen LogP) is 3.00. The van der Waals surface area contributed by atoms with Gasteiger partial charge in [0.1, 0.15) is 5.75 Å². The van der Waals surface area contributed by atoms with Crippen molar-refractivity contribution in [3.8, 4) is 17.0 Å². The van der Waals surface area contributed by atoms with Gasteiger partial charge in [-0.05, 0) is 30.3 Å². The van der Waals surface area contributed by atoms with Crippen molar-refractivity contribution in [2.24, 2.45) is 0 Å². The van der Waals surface area contributed by atoms with Gasteiger partial charge in [0.15, 0.2) is 0 Å². The van der Waals surface area contributed by atoms with Crippen molar-refractivity contribution in [1.82, 2.24) is 9.97 Å². The molecule has 0 radical (unpaired) electrons. The van der Waals surface area contributed by atoms with Crippen molar-refractivity contribution < 1.29 is 14.6 Å². The summed E-state index contributed by atoms with van der Waals surface area (Å²) >= 11 is 0. The molecule has 0 saturated carbocycles. The summed E-state index contributed by atoms with van der Waals surface area (Å²) in [5.74, 6) is -0.346. The van der Waals surface area contributed by atoms with Crippen LogP contribution in [0.2, 0.25) is 0 Å². The summed E-state index contributed by atoms with van der Waals surface area (Å²) in [5.41, 5.74) is 2.21. The minimum absolute atomic E-state index is 0.217. The summed E-state index contributed by atoms with van der Waals surface area (Å²) in [6.45, 7) is 0. The second kappa shape index (κ2) is 5.20. The highest BCUT2D eigenvalue weighted by atomic mass is 16.5. The average Bonchev–Trinajstić information content (AvgIpc) is 2.53. The molecule has 0 atom stereocenters. The molecule has 0 aliphatic carbocycles. The summed E-state index contributed by atoms with van der Waals surface area (Å²) in [5, 5.41) is 9.99. The van der Waals surface area contributed by atoms with Gasteiger partial charge in [-0.1, -0.05) is 0 Å². The minimum Gasteiger partial charge on any atom is -0.497 e. The number of carboxylic acids is 1. The Kier molecular flexibility index (Phi) is 3.23. The topological polar surface area (TPSA) is 72.3 Å². The molecule has 1 aromatic carbocycles. The third kappa shape index (κ3) is 2.41. The first kappa shape index (κ1) is 13.1. The van der Waals surface area contributed by atoms with E-state index in [9.17, 15) is 9.90 Å². The number of carbonyl (C=O) groups is 1. The van der Waals surface area contributed by atoms with E-state index >= 15 is 0 Å². The number of pyridine rings is 2. The fourth-order valence-electron chi connectivity index (χ4n) is 2.18. The van der Waals surface area contributed by atoms with Gasteiger partial charge >= 0.3 is 5.97 Å². The number of ether oxygens (including phenoxy) is 1. The molecule has 0 unspecified atom stereocenters. The van der Waals surface area contributed by atoms with Gasteiger partial charge in [0, 0.05) is 29.4 Å². The number of methoxy groups -OCH3 is 1. The smallest absolute Gasteiger partial charge is 0.336 e. The van der Waals surface area contributed by atoms with Gasteiger partial charge in [-0.3, -0.25) is 4.98 Å². The molecule has 0 spiro atoms. The molecule has 0 aliphatic rings. The number of hydrogen-bond donors (Lipinski definition) is 1. The minimum atomic E-state index is -0.983. The molecule has 0 fully saturated rings. The molecule has 3 aromatic rings. The lowest BCUT2D eigenvalue weighted by Gasteiger charge is -2.08. The van der Waals surface area contributed by atoms with E-state index < -0.39 is 5.97 Å². The van der Waals surface area contributed by atoms with Crippen LogP contribution in [-0.2, 0) is 0 Å². The zero-order chi connectivity index (χ0) is 14.8. The number of aromatic carboxylic acids is 1. The lowest BCUT2D eigenvalue weighted by Crippen LogP contribution is -2.00. The van der Waals surface area contributed by atoms with Crippen LogP contribution in [0.3, 0.4) is 0 Å². The van der Waals surface area contributed by atoms with Gasteiger partial charge in [-0.2, -0.15) is 0 Å². The number of fused-ring (bicyclic) bond motifs is 1. The van der Waals surface area contributed by atoms with Crippen LogP contribution >= 0.6 is 0 Å². The van der Waals surface area contributed by atoms with Crippen molar-refractivity contribution in [2.45, 2.75) is 0 Å². The van der Waals surface area contributed by atoms with Gasteiger partial charge in [0.05, 0.1) is 23.9 Å². The summed E-state index contributed by atoms with van der Waals surface area (Å²) in [7, 11) is 1.56. The van der Waals surface area contributed by atoms with Gasteiger partial charge in [-0.15, -0.1) is 0 Å². The maximum atomic E-state index is 11.5. The van der Waals surface area contributed by atoms with E-state index in [0.29, 0.717) is 22.3 Å². The highest BCUT2D eigenvalue weighted by molar-refractivity contribution is 6.04. The average molecular weight is 280 g/mol. The molecule has 2 aromatic heterocycles. The number of nitrogens with zero attached hydrogens (tertiary/aromatic N) is 2. The predicted molar refractivity (Wildman–Crippen MR) is 78.5 cm³/mol. The lowest BCUT2D eigenvalue weighted by molar-refractivity contribution is 0.0699. The molecule has 0 bridgehead atoms. The van der Waals surface area contributed by atoms with E-state index in [1.54, 1.807) is 55.9 Å². The first-order chi connectivity index (χ1) is 10.2. The van der Waals surface area contributed by atoms with Crippen molar-refractivity contribution in [3.63, 3.8) is 0 Å². The van der Waals surface area contributed by atoms with Crippen LogP contribution in [0, 0.1) is 0 Å². The quantitative estimate of drug-likeness (QED) is 0.798. The van der Waals surface area contributed by atoms with E-state index in [-0.39, 0.29) is 5.56 Å². The monoisotopic (exact) mass is 280 g/mol. The van der Waals surface area contributed by atoms with Crippen molar-refractivity contribution in [3.05, 3.63) is 54.4 Å². The molecule has 1 N–H and O–H groups in total. The number of benzene rings is 1. The SMILES string of the molecule is COc1ccc2c(C(=O)O)cc(-c3ccncc3)nc2c1. The van der Waals surface area contributed by atoms with Crippen molar-refractivity contribution in [1.29, 1.82) is 0 Å². The highest BCUT2D eigenvalue weighted by Crippen LogP contribution is 2.27. The van der Waals surface area contributed by atoms with E-state index in [0.717, 1.165) is 5.56 Å². The van der Waals surface area contributed by atoms with Gasteiger partial charge in [-0.25, -0.2) is 9.78 Å². The number of hydrogen-bond acceptors (Lipinski definition) is 4. The molecular weight excluding hydrogens is 268 g/mol. The summed E-state index contributed by atoms with van der Waals surface area (Å²) in [6.07, 6.45) is 3.29. The Hall–Kier alpha value is -2.95.